The van der Waals surface area contributed by atoms with Gasteiger partial charge in [0.1, 0.15) is 0 Å². The molecule has 1 aromatic rings. The van der Waals surface area contributed by atoms with E-state index in [1.807, 2.05) is 0 Å². The van der Waals surface area contributed by atoms with Gasteiger partial charge in [-0.15, -0.1) is 0 Å². The fourth-order valence-electron chi connectivity index (χ4n) is 6.00. The standard InChI is InChI=1S/C26H44N2O4/c1-23(2)13-19(14-24(3,4)27-23)31-21(29)17-9-11-18(12-10-17)22(30)32-20-15-25(5,6)28-26(7,8)16-20/h9-12,19-22,27-30H,13-16H2,1-8H3. The predicted molar refractivity (Wildman–Crippen MR) is 127 cm³/mol. The Morgan fingerprint density at radius 1 is 0.625 bits per heavy atom. The van der Waals surface area contributed by atoms with E-state index >= 15 is 0 Å². The van der Waals surface area contributed by atoms with Gasteiger partial charge in [-0.1, -0.05) is 24.3 Å². The maximum atomic E-state index is 10.7. The van der Waals surface area contributed by atoms with Crippen LogP contribution in [0.4, 0.5) is 0 Å². The predicted octanol–water partition coefficient (Wildman–Crippen LogP) is 4.32. The summed E-state index contributed by atoms with van der Waals surface area (Å²) in [4.78, 5) is 0. The van der Waals surface area contributed by atoms with E-state index < -0.39 is 12.6 Å². The lowest BCUT2D eigenvalue weighted by molar-refractivity contribution is -0.163. The topological polar surface area (TPSA) is 83.0 Å². The maximum Gasteiger partial charge on any atom is 0.181 e. The minimum Gasteiger partial charge on any atom is -0.364 e. The van der Waals surface area contributed by atoms with E-state index in [0.717, 1.165) is 25.7 Å². The summed E-state index contributed by atoms with van der Waals surface area (Å²) < 4.78 is 12.1. The third kappa shape index (κ3) is 6.99. The summed E-state index contributed by atoms with van der Waals surface area (Å²) in [5, 5.41) is 28.6. The number of benzene rings is 1. The van der Waals surface area contributed by atoms with Crippen molar-refractivity contribution in [2.75, 3.05) is 0 Å². The van der Waals surface area contributed by atoms with Crippen LogP contribution in [0.15, 0.2) is 24.3 Å². The zero-order valence-electron chi connectivity index (χ0n) is 21.2. The monoisotopic (exact) mass is 448 g/mol. The van der Waals surface area contributed by atoms with Crippen LogP contribution in [-0.4, -0.2) is 44.6 Å². The lowest BCUT2D eigenvalue weighted by atomic mass is 9.81. The van der Waals surface area contributed by atoms with E-state index in [9.17, 15) is 10.2 Å². The van der Waals surface area contributed by atoms with Crippen LogP contribution in [0.1, 0.15) is 105 Å². The highest BCUT2D eigenvalue weighted by atomic mass is 16.6. The molecule has 2 heterocycles. The highest BCUT2D eigenvalue weighted by Gasteiger charge is 2.40. The average Bonchev–Trinajstić information content (AvgIpc) is 2.56. The van der Waals surface area contributed by atoms with Gasteiger partial charge < -0.3 is 30.3 Å². The van der Waals surface area contributed by atoms with Crippen molar-refractivity contribution in [3.63, 3.8) is 0 Å². The Bertz CT molecular complexity index is 676. The number of aliphatic hydroxyl groups excluding tert-OH is 2. The molecule has 0 radical (unpaired) electrons. The van der Waals surface area contributed by atoms with E-state index in [0.29, 0.717) is 11.1 Å². The van der Waals surface area contributed by atoms with Gasteiger partial charge in [0.15, 0.2) is 12.6 Å². The van der Waals surface area contributed by atoms with Crippen molar-refractivity contribution < 1.29 is 19.7 Å². The van der Waals surface area contributed by atoms with Gasteiger partial charge >= 0.3 is 0 Å². The van der Waals surface area contributed by atoms with Gasteiger partial charge in [0.25, 0.3) is 0 Å². The van der Waals surface area contributed by atoms with Crippen molar-refractivity contribution in [3.8, 4) is 0 Å². The molecule has 0 saturated carbocycles. The van der Waals surface area contributed by atoms with Crippen molar-refractivity contribution in [1.82, 2.24) is 10.6 Å². The second-order valence-electron chi connectivity index (χ2n) is 12.5. The first kappa shape index (κ1) is 25.6. The Balaban J connectivity index is 1.59. The molecule has 6 nitrogen and oxygen atoms in total. The van der Waals surface area contributed by atoms with E-state index in [1.165, 1.54) is 0 Å². The molecule has 32 heavy (non-hydrogen) atoms. The molecule has 3 rings (SSSR count). The first-order valence-corrected chi connectivity index (χ1v) is 11.9. The van der Waals surface area contributed by atoms with Crippen LogP contribution in [0, 0.1) is 0 Å². The zero-order valence-corrected chi connectivity index (χ0v) is 21.2. The summed E-state index contributed by atoms with van der Waals surface area (Å²) in [7, 11) is 0. The SMILES string of the molecule is CC1(C)CC(OC(O)c2ccc(C(O)OC3CC(C)(C)NC(C)(C)C3)cc2)CC(C)(C)N1. The first-order valence-electron chi connectivity index (χ1n) is 11.9. The van der Waals surface area contributed by atoms with Crippen LogP contribution in [0.5, 0.6) is 0 Å². The van der Waals surface area contributed by atoms with E-state index in [2.05, 4.69) is 66.0 Å². The second kappa shape index (κ2) is 8.97. The summed E-state index contributed by atoms with van der Waals surface area (Å²) in [5.41, 5.74) is 1.17. The van der Waals surface area contributed by atoms with Gasteiger partial charge in [0.2, 0.25) is 0 Å². The summed E-state index contributed by atoms with van der Waals surface area (Å²) in [6, 6.07) is 7.22. The minimum absolute atomic E-state index is 0.0310. The van der Waals surface area contributed by atoms with E-state index in [-0.39, 0.29) is 34.4 Å². The molecule has 182 valence electrons. The van der Waals surface area contributed by atoms with Gasteiger partial charge in [-0.3, -0.25) is 0 Å². The Morgan fingerprint density at radius 2 is 0.875 bits per heavy atom. The van der Waals surface area contributed by atoms with Crippen molar-refractivity contribution in [2.24, 2.45) is 0 Å². The number of aliphatic hydroxyl groups is 2. The fraction of sp³-hybridized carbons (Fsp3) is 0.769. The van der Waals surface area contributed by atoms with E-state index in [4.69, 9.17) is 9.47 Å². The summed E-state index contributed by atoms with van der Waals surface area (Å²) in [6.07, 6.45) is 1.28. The third-order valence-electron chi connectivity index (χ3n) is 6.45. The van der Waals surface area contributed by atoms with Crippen molar-refractivity contribution in [2.45, 2.75) is 128 Å². The van der Waals surface area contributed by atoms with Gasteiger partial charge in [-0.05, 0) is 81.1 Å². The van der Waals surface area contributed by atoms with Crippen LogP contribution >= 0.6 is 0 Å². The smallest absolute Gasteiger partial charge is 0.181 e. The van der Waals surface area contributed by atoms with Gasteiger partial charge in [0.05, 0.1) is 12.2 Å². The molecule has 1 aromatic carbocycles. The molecule has 2 aliphatic rings. The zero-order chi connectivity index (χ0) is 23.9. The van der Waals surface area contributed by atoms with Crippen LogP contribution in [0.3, 0.4) is 0 Å². The molecular formula is C26H44N2O4. The molecule has 2 saturated heterocycles. The van der Waals surface area contributed by atoms with Crippen molar-refractivity contribution >= 4 is 0 Å². The molecule has 2 fully saturated rings. The second-order valence-corrected chi connectivity index (χ2v) is 12.5. The number of hydrogen-bond donors (Lipinski definition) is 4. The molecule has 0 aliphatic carbocycles. The molecule has 2 aliphatic heterocycles. The van der Waals surface area contributed by atoms with Crippen molar-refractivity contribution in [1.29, 1.82) is 0 Å². The molecule has 6 heteroatoms. The molecule has 0 amide bonds. The summed E-state index contributed by atoms with van der Waals surface area (Å²) in [5.74, 6) is 0. The fourth-order valence-corrected chi connectivity index (χ4v) is 6.00. The van der Waals surface area contributed by atoms with Crippen molar-refractivity contribution in [3.05, 3.63) is 35.4 Å². The van der Waals surface area contributed by atoms with Crippen LogP contribution in [-0.2, 0) is 9.47 Å². The summed E-state index contributed by atoms with van der Waals surface area (Å²) >= 11 is 0. The normalized spacial score (nSPS) is 27.1. The van der Waals surface area contributed by atoms with Crippen LogP contribution in [0.25, 0.3) is 0 Å². The van der Waals surface area contributed by atoms with Gasteiger partial charge in [-0.2, -0.15) is 0 Å². The number of hydrogen-bond acceptors (Lipinski definition) is 6. The molecular weight excluding hydrogens is 404 g/mol. The maximum absolute atomic E-state index is 10.7. The number of ether oxygens (including phenoxy) is 2. The minimum atomic E-state index is -0.997. The quantitative estimate of drug-likeness (QED) is 0.485. The average molecular weight is 449 g/mol. The van der Waals surface area contributed by atoms with Crippen LogP contribution in [0.2, 0.25) is 0 Å². The Hall–Kier alpha value is -1.02. The number of piperidine rings is 2. The van der Waals surface area contributed by atoms with Crippen LogP contribution < -0.4 is 10.6 Å². The summed E-state index contributed by atoms with van der Waals surface area (Å²) in [6.45, 7) is 17.3. The molecule has 0 spiro atoms. The third-order valence-corrected chi connectivity index (χ3v) is 6.45. The highest BCUT2D eigenvalue weighted by Crippen LogP contribution is 2.34. The number of nitrogens with one attached hydrogen (secondary N) is 2. The van der Waals surface area contributed by atoms with Gasteiger partial charge in [-0.25, -0.2) is 0 Å². The molecule has 0 bridgehead atoms. The Morgan fingerprint density at radius 3 is 1.12 bits per heavy atom. The Kier molecular flexibility index (Phi) is 7.18. The lowest BCUT2D eigenvalue weighted by Crippen LogP contribution is -2.59. The first-order chi connectivity index (χ1) is 14.5. The largest absolute Gasteiger partial charge is 0.364 e. The molecule has 2 atom stereocenters. The Labute approximate surface area is 194 Å². The molecule has 2 unspecified atom stereocenters. The molecule has 4 N–H and O–H groups in total. The number of rotatable bonds is 6. The molecule has 0 aromatic heterocycles. The highest BCUT2D eigenvalue weighted by molar-refractivity contribution is 5.24. The van der Waals surface area contributed by atoms with Gasteiger partial charge in [0, 0.05) is 33.3 Å². The lowest BCUT2D eigenvalue weighted by Gasteiger charge is -2.46. The van der Waals surface area contributed by atoms with E-state index in [1.54, 1.807) is 24.3 Å².